The van der Waals surface area contributed by atoms with Gasteiger partial charge < -0.3 is 15.2 Å². The summed E-state index contributed by atoms with van der Waals surface area (Å²) in [5, 5.41) is 13.0. The molecule has 1 heterocycles. The maximum atomic E-state index is 9.79. The lowest BCUT2D eigenvalue weighted by atomic mass is 9.98. The zero-order valence-electron chi connectivity index (χ0n) is 13.3. The van der Waals surface area contributed by atoms with E-state index in [2.05, 4.69) is 10.2 Å². The summed E-state index contributed by atoms with van der Waals surface area (Å²) in [4.78, 5) is 2.57. The second-order valence-electron chi connectivity index (χ2n) is 5.75. The molecule has 0 bridgehead atoms. The van der Waals surface area contributed by atoms with Crippen LogP contribution in [-0.4, -0.2) is 42.8 Å². The largest absolute Gasteiger partial charge is 0.504 e. The van der Waals surface area contributed by atoms with Gasteiger partial charge in [-0.2, -0.15) is 0 Å². The first-order valence-corrected chi connectivity index (χ1v) is 8.08. The van der Waals surface area contributed by atoms with E-state index in [9.17, 15) is 5.11 Å². The van der Waals surface area contributed by atoms with Crippen molar-refractivity contribution >= 4 is 0 Å². The summed E-state index contributed by atoms with van der Waals surface area (Å²) in [5.74, 6) is 0.824. The Morgan fingerprint density at radius 3 is 3.00 bits per heavy atom. The highest BCUT2D eigenvalue weighted by Gasteiger charge is 2.22. The number of phenols is 1. The molecule has 21 heavy (non-hydrogen) atoms. The molecule has 1 aliphatic rings. The highest BCUT2D eigenvalue weighted by Crippen LogP contribution is 2.29. The molecule has 0 amide bonds. The van der Waals surface area contributed by atoms with Crippen LogP contribution in [0.15, 0.2) is 18.2 Å². The number of nitrogens with zero attached hydrogens (tertiary/aromatic N) is 1. The number of hydrogen-bond donors (Lipinski definition) is 2. The molecule has 0 spiro atoms. The SMILES string of the molecule is CCOc1cc(CN2CCCCC2CCNC)ccc1O. The summed E-state index contributed by atoms with van der Waals surface area (Å²) in [6.45, 7) is 5.69. The first kappa shape index (κ1) is 16.1. The van der Waals surface area contributed by atoms with Crippen LogP contribution in [0.2, 0.25) is 0 Å². The van der Waals surface area contributed by atoms with Crippen LogP contribution in [-0.2, 0) is 6.54 Å². The first-order valence-electron chi connectivity index (χ1n) is 8.08. The Hall–Kier alpha value is -1.26. The number of phenolic OH excluding ortho intramolecular Hbond substituents is 1. The van der Waals surface area contributed by atoms with Crippen molar-refractivity contribution in [1.82, 2.24) is 10.2 Å². The van der Waals surface area contributed by atoms with Crippen molar-refractivity contribution in [2.24, 2.45) is 0 Å². The molecule has 118 valence electrons. The van der Waals surface area contributed by atoms with Crippen molar-refractivity contribution in [3.05, 3.63) is 23.8 Å². The van der Waals surface area contributed by atoms with Crippen molar-refractivity contribution in [2.45, 2.75) is 45.2 Å². The van der Waals surface area contributed by atoms with E-state index in [-0.39, 0.29) is 5.75 Å². The van der Waals surface area contributed by atoms with Crippen LogP contribution < -0.4 is 10.1 Å². The Morgan fingerprint density at radius 1 is 1.38 bits per heavy atom. The topological polar surface area (TPSA) is 44.7 Å². The van der Waals surface area contributed by atoms with Crippen LogP contribution in [0.25, 0.3) is 0 Å². The van der Waals surface area contributed by atoms with Gasteiger partial charge in [-0.25, -0.2) is 0 Å². The molecule has 0 radical (unpaired) electrons. The minimum atomic E-state index is 0.228. The van der Waals surface area contributed by atoms with Crippen LogP contribution in [0.3, 0.4) is 0 Å². The molecule has 1 saturated heterocycles. The second kappa shape index (κ2) is 8.25. The van der Waals surface area contributed by atoms with Gasteiger partial charge in [-0.3, -0.25) is 4.90 Å². The van der Waals surface area contributed by atoms with Gasteiger partial charge in [0.15, 0.2) is 11.5 Å². The van der Waals surface area contributed by atoms with Crippen molar-refractivity contribution in [3.63, 3.8) is 0 Å². The van der Waals surface area contributed by atoms with Gasteiger partial charge in [0.2, 0.25) is 0 Å². The number of piperidine rings is 1. The minimum Gasteiger partial charge on any atom is -0.504 e. The fourth-order valence-electron chi connectivity index (χ4n) is 3.07. The zero-order valence-corrected chi connectivity index (χ0v) is 13.3. The van der Waals surface area contributed by atoms with Gasteiger partial charge in [0, 0.05) is 12.6 Å². The number of hydrogen-bond acceptors (Lipinski definition) is 4. The third-order valence-electron chi connectivity index (χ3n) is 4.19. The van der Waals surface area contributed by atoms with Crippen LogP contribution in [0.4, 0.5) is 0 Å². The van der Waals surface area contributed by atoms with E-state index in [0.29, 0.717) is 18.4 Å². The van der Waals surface area contributed by atoms with Crippen molar-refractivity contribution in [3.8, 4) is 11.5 Å². The minimum absolute atomic E-state index is 0.228. The predicted molar refractivity (Wildman–Crippen MR) is 85.9 cm³/mol. The fraction of sp³-hybridized carbons (Fsp3) is 0.647. The Balaban J connectivity index is 2.02. The van der Waals surface area contributed by atoms with Crippen LogP contribution >= 0.6 is 0 Å². The highest BCUT2D eigenvalue weighted by molar-refractivity contribution is 5.41. The van der Waals surface area contributed by atoms with E-state index in [0.717, 1.165) is 13.1 Å². The first-order chi connectivity index (χ1) is 10.2. The quantitative estimate of drug-likeness (QED) is 0.811. The van der Waals surface area contributed by atoms with E-state index in [1.54, 1.807) is 6.07 Å². The molecule has 0 aliphatic carbocycles. The highest BCUT2D eigenvalue weighted by atomic mass is 16.5. The molecule has 0 saturated carbocycles. The maximum Gasteiger partial charge on any atom is 0.161 e. The summed E-state index contributed by atoms with van der Waals surface area (Å²) < 4.78 is 5.48. The molecule has 4 nitrogen and oxygen atoms in total. The number of benzene rings is 1. The van der Waals surface area contributed by atoms with E-state index >= 15 is 0 Å². The summed E-state index contributed by atoms with van der Waals surface area (Å²) in [7, 11) is 2.02. The van der Waals surface area contributed by atoms with Gasteiger partial charge in [0.1, 0.15) is 0 Å². The smallest absolute Gasteiger partial charge is 0.161 e. The molecular weight excluding hydrogens is 264 g/mol. The average molecular weight is 292 g/mol. The number of ether oxygens (including phenoxy) is 1. The summed E-state index contributed by atoms with van der Waals surface area (Å²) in [5.41, 5.74) is 1.22. The fourth-order valence-corrected chi connectivity index (χ4v) is 3.07. The van der Waals surface area contributed by atoms with Gasteiger partial charge >= 0.3 is 0 Å². The molecule has 2 N–H and O–H groups in total. The number of likely N-dealkylation sites (tertiary alicyclic amines) is 1. The zero-order chi connectivity index (χ0) is 15.1. The Kier molecular flexibility index (Phi) is 6.33. The van der Waals surface area contributed by atoms with Gasteiger partial charge in [0.05, 0.1) is 6.61 Å². The molecule has 1 unspecified atom stereocenters. The third-order valence-corrected chi connectivity index (χ3v) is 4.19. The lowest BCUT2D eigenvalue weighted by molar-refractivity contribution is 0.132. The molecule has 1 aromatic rings. The molecule has 1 aliphatic heterocycles. The number of nitrogens with one attached hydrogen (secondary N) is 1. The third kappa shape index (κ3) is 4.61. The molecular formula is C17H28N2O2. The molecule has 2 rings (SSSR count). The van der Waals surface area contributed by atoms with Crippen LogP contribution in [0.1, 0.15) is 38.2 Å². The normalized spacial score (nSPS) is 19.6. The van der Waals surface area contributed by atoms with Gasteiger partial charge in [-0.1, -0.05) is 12.5 Å². The van der Waals surface area contributed by atoms with E-state index in [1.807, 2.05) is 26.1 Å². The van der Waals surface area contributed by atoms with E-state index < -0.39 is 0 Å². The van der Waals surface area contributed by atoms with E-state index in [4.69, 9.17) is 4.74 Å². The molecule has 1 aromatic carbocycles. The van der Waals surface area contributed by atoms with E-state index in [1.165, 1.54) is 37.8 Å². The summed E-state index contributed by atoms with van der Waals surface area (Å²) in [6.07, 6.45) is 5.11. The monoisotopic (exact) mass is 292 g/mol. The van der Waals surface area contributed by atoms with Crippen molar-refractivity contribution in [2.75, 3.05) is 26.7 Å². The lowest BCUT2D eigenvalue weighted by Crippen LogP contribution is -2.40. The number of aromatic hydroxyl groups is 1. The maximum absolute atomic E-state index is 9.79. The van der Waals surface area contributed by atoms with Crippen molar-refractivity contribution in [1.29, 1.82) is 0 Å². The Labute approximate surface area is 128 Å². The summed E-state index contributed by atoms with van der Waals surface area (Å²) in [6, 6.07) is 6.38. The van der Waals surface area contributed by atoms with Crippen molar-refractivity contribution < 1.29 is 9.84 Å². The Morgan fingerprint density at radius 2 is 2.24 bits per heavy atom. The summed E-state index contributed by atoms with van der Waals surface area (Å²) >= 11 is 0. The van der Waals surface area contributed by atoms with Crippen LogP contribution in [0, 0.1) is 0 Å². The molecule has 1 fully saturated rings. The Bertz CT molecular complexity index is 437. The molecule has 0 aromatic heterocycles. The standard InChI is InChI=1S/C17H28N2O2/c1-3-21-17-12-14(7-8-16(17)20)13-19-11-5-4-6-15(19)9-10-18-2/h7-8,12,15,18,20H,3-6,9-11,13H2,1-2H3. The average Bonchev–Trinajstić information content (AvgIpc) is 2.50. The second-order valence-corrected chi connectivity index (χ2v) is 5.75. The predicted octanol–water partition coefficient (Wildman–Crippen LogP) is 2.75. The lowest BCUT2D eigenvalue weighted by Gasteiger charge is -2.36. The molecule has 1 atom stereocenters. The number of rotatable bonds is 7. The van der Waals surface area contributed by atoms with Gasteiger partial charge in [-0.15, -0.1) is 0 Å². The van der Waals surface area contributed by atoms with Crippen LogP contribution in [0.5, 0.6) is 11.5 Å². The van der Waals surface area contributed by atoms with Gasteiger partial charge in [0.25, 0.3) is 0 Å². The van der Waals surface area contributed by atoms with Gasteiger partial charge in [-0.05, 0) is 64.0 Å². The molecule has 4 heteroatoms.